The van der Waals surface area contributed by atoms with Crippen molar-refractivity contribution in [1.82, 2.24) is 25.6 Å². The molecule has 2 heterocycles. The van der Waals surface area contributed by atoms with Gasteiger partial charge in [0.15, 0.2) is 0 Å². The molecule has 0 radical (unpaired) electrons. The maximum Gasteiger partial charge on any atom is 0.251 e. The maximum atomic E-state index is 13.0. The Hall–Kier alpha value is -2.02. The molecule has 1 fully saturated rings. The predicted molar refractivity (Wildman–Crippen MR) is 72.1 cm³/mol. The topological polar surface area (TPSA) is 71.8 Å². The van der Waals surface area contributed by atoms with Crippen molar-refractivity contribution < 1.29 is 9.18 Å². The van der Waals surface area contributed by atoms with Crippen LogP contribution in [0.4, 0.5) is 4.39 Å². The average Bonchev–Trinajstić information content (AvgIpc) is 3.02. The number of hydrogen-bond acceptors (Lipinski definition) is 4. The van der Waals surface area contributed by atoms with Crippen LogP contribution >= 0.6 is 0 Å². The number of carbonyl (C=O) groups excluding carboxylic acids is 1. The first-order valence-electron chi connectivity index (χ1n) is 6.58. The van der Waals surface area contributed by atoms with Gasteiger partial charge in [0.25, 0.3) is 5.91 Å². The Morgan fingerprint density at radius 2 is 2.45 bits per heavy atom. The number of rotatable bonds is 3. The summed E-state index contributed by atoms with van der Waals surface area (Å²) < 4.78 is 14.7. The van der Waals surface area contributed by atoms with Crippen molar-refractivity contribution in [2.45, 2.75) is 18.6 Å². The lowest BCUT2D eigenvalue weighted by Crippen LogP contribution is -2.37. The second kappa shape index (κ2) is 5.16. The monoisotopic (exact) mass is 277 g/mol. The third-order valence-electron chi connectivity index (χ3n) is 3.55. The standard InChI is InChI=1S/C13H16FN5O/c1-19-12-3-2-8(4-11(12)17-18-19)13(20)16-7-10-5-9(14)6-15-10/h2-4,9-10,15H,5-7H2,1H3,(H,16,20)/t9-,10-/m0/s1. The van der Waals surface area contributed by atoms with Crippen LogP contribution in [0.3, 0.4) is 0 Å². The van der Waals surface area contributed by atoms with E-state index in [1.165, 1.54) is 0 Å². The maximum absolute atomic E-state index is 13.0. The van der Waals surface area contributed by atoms with Gasteiger partial charge in [-0.05, 0) is 24.6 Å². The van der Waals surface area contributed by atoms with Crippen molar-refractivity contribution in [3.63, 3.8) is 0 Å². The lowest BCUT2D eigenvalue weighted by Gasteiger charge is -2.11. The van der Waals surface area contributed by atoms with E-state index in [4.69, 9.17) is 0 Å². The molecule has 0 bridgehead atoms. The highest BCUT2D eigenvalue weighted by atomic mass is 19.1. The first-order chi connectivity index (χ1) is 9.63. The molecule has 1 aromatic carbocycles. The van der Waals surface area contributed by atoms with E-state index in [1.807, 2.05) is 6.07 Å². The van der Waals surface area contributed by atoms with Gasteiger partial charge in [-0.15, -0.1) is 5.10 Å². The molecular weight excluding hydrogens is 261 g/mol. The number of fused-ring (bicyclic) bond motifs is 1. The molecule has 2 N–H and O–H groups in total. The minimum absolute atomic E-state index is 0.00852. The lowest BCUT2D eigenvalue weighted by atomic mass is 10.1. The summed E-state index contributed by atoms with van der Waals surface area (Å²) in [6.07, 6.45) is -0.364. The highest BCUT2D eigenvalue weighted by Gasteiger charge is 2.23. The fourth-order valence-corrected chi connectivity index (χ4v) is 2.43. The van der Waals surface area contributed by atoms with E-state index >= 15 is 0 Å². The van der Waals surface area contributed by atoms with Crippen LogP contribution < -0.4 is 10.6 Å². The number of nitrogens with zero attached hydrogens (tertiary/aromatic N) is 3. The molecule has 1 aromatic heterocycles. The Morgan fingerprint density at radius 1 is 1.60 bits per heavy atom. The van der Waals surface area contributed by atoms with Gasteiger partial charge in [0, 0.05) is 31.7 Å². The van der Waals surface area contributed by atoms with Crippen molar-refractivity contribution in [3.8, 4) is 0 Å². The number of benzene rings is 1. The normalized spacial score (nSPS) is 22.3. The molecule has 0 saturated carbocycles. The smallest absolute Gasteiger partial charge is 0.251 e. The van der Waals surface area contributed by atoms with Crippen LogP contribution in [0.1, 0.15) is 16.8 Å². The fraction of sp³-hybridized carbons (Fsp3) is 0.462. The number of alkyl halides is 1. The average molecular weight is 277 g/mol. The van der Waals surface area contributed by atoms with E-state index < -0.39 is 6.17 Å². The van der Waals surface area contributed by atoms with Crippen LogP contribution in [0.2, 0.25) is 0 Å². The number of hydrogen-bond donors (Lipinski definition) is 2. The van der Waals surface area contributed by atoms with Gasteiger partial charge < -0.3 is 10.6 Å². The highest BCUT2D eigenvalue weighted by Crippen LogP contribution is 2.13. The Bertz CT molecular complexity index is 641. The molecule has 1 aliphatic rings. The minimum atomic E-state index is -0.812. The molecule has 0 aliphatic carbocycles. The van der Waals surface area contributed by atoms with E-state index in [2.05, 4.69) is 20.9 Å². The zero-order chi connectivity index (χ0) is 14.1. The van der Waals surface area contributed by atoms with E-state index in [-0.39, 0.29) is 11.9 Å². The number of halogens is 1. The van der Waals surface area contributed by atoms with E-state index in [0.717, 1.165) is 5.52 Å². The van der Waals surface area contributed by atoms with Crippen LogP contribution in [0, 0.1) is 0 Å². The van der Waals surface area contributed by atoms with Gasteiger partial charge in [-0.3, -0.25) is 4.79 Å². The molecule has 0 unspecified atom stereocenters. The van der Waals surface area contributed by atoms with Gasteiger partial charge in [0.1, 0.15) is 11.7 Å². The minimum Gasteiger partial charge on any atom is -0.350 e. The number of carbonyl (C=O) groups is 1. The molecule has 7 heteroatoms. The van der Waals surface area contributed by atoms with Crippen molar-refractivity contribution in [3.05, 3.63) is 23.8 Å². The van der Waals surface area contributed by atoms with Gasteiger partial charge >= 0.3 is 0 Å². The molecule has 1 amide bonds. The summed E-state index contributed by atoms with van der Waals surface area (Å²) in [5.41, 5.74) is 2.09. The van der Waals surface area contributed by atoms with Crippen molar-refractivity contribution in [2.75, 3.05) is 13.1 Å². The SMILES string of the molecule is Cn1nnc2cc(C(=O)NC[C@@H]3C[C@H](F)CN3)ccc21. The van der Waals surface area contributed by atoms with Crippen LogP contribution in [0.5, 0.6) is 0 Å². The second-order valence-corrected chi connectivity index (χ2v) is 5.06. The zero-order valence-corrected chi connectivity index (χ0v) is 11.1. The molecule has 1 saturated heterocycles. The van der Waals surface area contributed by atoms with E-state index in [1.54, 1.807) is 23.9 Å². The molecule has 0 spiro atoms. The summed E-state index contributed by atoms with van der Waals surface area (Å²) in [4.78, 5) is 12.0. The molecule has 106 valence electrons. The Balaban J connectivity index is 1.66. The van der Waals surface area contributed by atoms with Gasteiger partial charge in [0.05, 0.1) is 5.52 Å². The molecule has 20 heavy (non-hydrogen) atoms. The van der Waals surface area contributed by atoms with Crippen LogP contribution in [-0.2, 0) is 7.05 Å². The summed E-state index contributed by atoms with van der Waals surface area (Å²) in [5.74, 6) is -0.179. The number of aromatic nitrogens is 3. The number of aryl methyl sites for hydroxylation is 1. The predicted octanol–water partition coefficient (Wildman–Crippen LogP) is 0.398. The van der Waals surface area contributed by atoms with Crippen molar-refractivity contribution in [2.24, 2.45) is 7.05 Å². The van der Waals surface area contributed by atoms with Crippen molar-refractivity contribution in [1.29, 1.82) is 0 Å². The first kappa shape index (κ1) is 13.0. The molecule has 6 nitrogen and oxygen atoms in total. The summed E-state index contributed by atoms with van der Waals surface area (Å²) in [6, 6.07) is 5.27. The summed E-state index contributed by atoms with van der Waals surface area (Å²) in [5, 5.41) is 13.7. The van der Waals surface area contributed by atoms with Crippen LogP contribution in [0.15, 0.2) is 18.2 Å². The van der Waals surface area contributed by atoms with Gasteiger partial charge in [-0.2, -0.15) is 0 Å². The third-order valence-corrected chi connectivity index (χ3v) is 3.55. The van der Waals surface area contributed by atoms with E-state index in [9.17, 15) is 9.18 Å². The number of amides is 1. The lowest BCUT2D eigenvalue weighted by molar-refractivity contribution is 0.0950. The van der Waals surface area contributed by atoms with E-state index in [0.29, 0.717) is 30.6 Å². The zero-order valence-electron chi connectivity index (χ0n) is 11.1. The summed E-state index contributed by atoms with van der Waals surface area (Å²) in [7, 11) is 1.80. The molecule has 2 atom stereocenters. The molecule has 3 rings (SSSR count). The molecule has 1 aliphatic heterocycles. The van der Waals surface area contributed by atoms with Crippen LogP contribution in [-0.4, -0.2) is 46.2 Å². The fourth-order valence-electron chi connectivity index (χ4n) is 2.43. The summed E-state index contributed by atoms with van der Waals surface area (Å²) >= 11 is 0. The molecule has 2 aromatic rings. The van der Waals surface area contributed by atoms with Crippen molar-refractivity contribution >= 4 is 16.9 Å². The second-order valence-electron chi connectivity index (χ2n) is 5.06. The summed E-state index contributed by atoms with van der Waals surface area (Å²) in [6.45, 7) is 0.795. The Kier molecular flexibility index (Phi) is 3.35. The Morgan fingerprint density at radius 3 is 3.20 bits per heavy atom. The Labute approximate surface area is 115 Å². The number of nitrogens with one attached hydrogen (secondary N) is 2. The largest absolute Gasteiger partial charge is 0.350 e. The van der Waals surface area contributed by atoms with Crippen LogP contribution in [0.25, 0.3) is 11.0 Å². The highest BCUT2D eigenvalue weighted by molar-refractivity contribution is 5.97. The van der Waals surface area contributed by atoms with Gasteiger partial charge in [0.2, 0.25) is 0 Å². The first-order valence-corrected chi connectivity index (χ1v) is 6.58. The van der Waals surface area contributed by atoms with Gasteiger partial charge in [-0.25, -0.2) is 9.07 Å². The third kappa shape index (κ3) is 2.49. The van der Waals surface area contributed by atoms with Gasteiger partial charge in [-0.1, -0.05) is 5.21 Å². The quantitative estimate of drug-likeness (QED) is 0.852. The molecular formula is C13H16FN5O.